The molecule has 0 aromatic carbocycles. The maximum atomic E-state index is 5.93. The van der Waals surface area contributed by atoms with Gasteiger partial charge in [0.25, 0.3) is 0 Å². The number of nitrogens with zero attached hydrogens (tertiary/aromatic N) is 2. The SMILES string of the molecule is Clc1cncc2c1CN(Cl)C=C2. The minimum absolute atomic E-state index is 0.634. The van der Waals surface area contributed by atoms with Crippen molar-refractivity contribution in [2.24, 2.45) is 0 Å². The van der Waals surface area contributed by atoms with Crippen molar-refractivity contribution in [1.82, 2.24) is 9.40 Å². The largest absolute Gasteiger partial charge is 0.288 e. The summed E-state index contributed by atoms with van der Waals surface area (Å²) in [6.07, 6.45) is 7.10. The van der Waals surface area contributed by atoms with Crippen LogP contribution in [0.15, 0.2) is 18.6 Å². The van der Waals surface area contributed by atoms with Gasteiger partial charge in [0.15, 0.2) is 0 Å². The van der Waals surface area contributed by atoms with Crippen LogP contribution in [0.2, 0.25) is 5.02 Å². The zero-order valence-corrected chi connectivity index (χ0v) is 7.68. The van der Waals surface area contributed by atoms with Crippen LogP contribution in [-0.4, -0.2) is 9.40 Å². The number of pyridine rings is 1. The lowest BCUT2D eigenvalue weighted by atomic mass is 10.1. The second-order valence-corrected chi connectivity index (χ2v) is 3.40. The van der Waals surface area contributed by atoms with Crippen molar-refractivity contribution >= 4 is 29.5 Å². The molecule has 0 N–H and O–H groups in total. The maximum absolute atomic E-state index is 5.93. The average molecular weight is 201 g/mol. The molecule has 4 heteroatoms. The number of hydrogen-bond acceptors (Lipinski definition) is 2. The fraction of sp³-hybridized carbons (Fsp3) is 0.125. The lowest BCUT2D eigenvalue weighted by Gasteiger charge is -2.18. The van der Waals surface area contributed by atoms with Crippen LogP contribution in [0, 0.1) is 0 Å². The minimum atomic E-state index is 0.634. The van der Waals surface area contributed by atoms with E-state index in [1.54, 1.807) is 23.0 Å². The molecule has 0 radical (unpaired) electrons. The molecule has 1 aliphatic heterocycles. The first-order valence-electron chi connectivity index (χ1n) is 3.50. The van der Waals surface area contributed by atoms with E-state index >= 15 is 0 Å². The van der Waals surface area contributed by atoms with Crippen molar-refractivity contribution in [3.05, 3.63) is 34.7 Å². The molecule has 1 aromatic rings. The molecule has 0 fully saturated rings. The summed E-state index contributed by atoms with van der Waals surface area (Å²) in [5.74, 6) is 0. The van der Waals surface area contributed by atoms with Crippen molar-refractivity contribution in [3.63, 3.8) is 0 Å². The van der Waals surface area contributed by atoms with Crippen LogP contribution < -0.4 is 0 Å². The Balaban J connectivity index is 2.53. The van der Waals surface area contributed by atoms with Crippen molar-refractivity contribution in [2.45, 2.75) is 6.54 Å². The molecule has 1 aliphatic rings. The third kappa shape index (κ3) is 1.28. The third-order valence-electron chi connectivity index (χ3n) is 1.76. The van der Waals surface area contributed by atoms with E-state index in [1.807, 2.05) is 6.08 Å². The summed E-state index contributed by atoms with van der Waals surface area (Å²) in [5.41, 5.74) is 2.07. The minimum Gasteiger partial charge on any atom is -0.288 e. The highest BCUT2D eigenvalue weighted by Crippen LogP contribution is 2.25. The number of halogens is 2. The van der Waals surface area contributed by atoms with E-state index in [0.29, 0.717) is 11.6 Å². The summed E-state index contributed by atoms with van der Waals surface area (Å²) >= 11 is 11.7. The number of aromatic nitrogens is 1. The molecule has 0 bridgehead atoms. The normalized spacial score (nSPS) is 14.7. The highest BCUT2D eigenvalue weighted by atomic mass is 35.5. The molecule has 0 amide bonds. The number of fused-ring (bicyclic) bond motifs is 1. The Labute approximate surface area is 80.5 Å². The van der Waals surface area contributed by atoms with Gasteiger partial charge >= 0.3 is 0 Å². The van der Waals surface area contributed by atoms with Gasteiger partial charge in [-0.3, -0.25) is 9.40 Å². The summed E-state index contributed by atoms with van der Waals surface area (Å²) in [7, 11) is 0. The molecular formula is C8H6Cl2N2. The molecular weight excluding hydrogens is 195 g/mol. The first kappa shape index (κ1) is 7.90. The molecule has 0 saturated heterocycles. The Hall–Kier alpha value is -0.730. The lowest BCUT2D eigenvalue weighted by Crippen LogP contribution is -2.09. The molecule has 0 saturated carbocycles. The van der Waals surface area contributed by atoms with Crippen LogP contribution in [-0.2, 0) is 6.54 Å². The molecule has 0 aliphatic carbocycles. The Kier molecular flexibility index (Phi) is 1.95. The van der Waals surface area contributed by atoms with E-state index in [2.05, 4.69) is 4.98 Å². The highest BCUT2D eigenvalue weighted by Gasteiger charge is 2.11. The van der Waals surface area contributed by atoms with Crippen molar-refractivity contribution in [3.8, 4) is 0 Å². The Bertz CT molecular complexity index is 336. The zero-order chi connectivity index (χ0) is 8.55. The van der Waals surface area contributed by atoms with Gasteiger partial charge in [-0.25, -0.2) is 0 Å². The van der Waals surface area contributed by atoms with E-state index in [0.717, 1.165) is 11.1 Å². The number of rotatable bonds is 0. The summed E-state index contributed by atoms with van der Waals surface area (Å²) in [5, 5.41) is 0.669. The average Bonchev–Trinajstić information content (AvgIpc) is 2.07. The predicted octanol–water partition coefficient (Wildman–Crippen LogP) is 2.68. The Morgan fingerprint density at radius 2 is 2.25 bits per heavy atom. The topological polar surface area (TPSA) is 16.1 Å². The van der Waals surface area contributed by atoms with Gasteiger partial charge in [0.2, 0.25) is 0 Å². The molecule has 2 heterocycles. The first-order valence-corrected chi connectivity index (χ1v) is 4.22. The third-order valence-corrected chi connectivity index (χ3v) is 2.32. The van der Waals surface area contributed by atoms with Crippen LogP contribution in [0.25, 0.3) is 6.08 Å². The van der Waals surface area contributed by atoms with Crippen molar-refractivity contribution < 1.29 is 0 Å². The van der Waals surface area contributed by atoms with Gasteiger partial charge < -0.3 is 0 Å². The molecule has 0 spiro atoms. The first-order chi connectivity index (χ1) is 5.77. The molecule has 0 atom stereocenters. The maximum Gasteiger partial charge on any atom is 0.0645 e. The lowest BCUT2D eigenvalue weighted by molar-refractivity contribution is 0.594. The van der Waals surface area contributed by atoms with E-state index in [4.69, 9.17) is 23.4 Å². The number of hydrogen-bond donors (Lipinski definition) is 0. The predicted molar refractivity (Wildman–Crippen MR) is 49.7 cm³/mol. The van der Waals surface area contributed by atoms with Crippen LogP contribution in [0.1, 0.15) is 11.1 Å². The van der Waals surface area contributed by atoms with Crippen molar-refractivity contribution in [1.29, 1.82) is 0 Å². The Morgan fingerprint density at radius 1 is 1.42 bits per heavy atom. The van der Waals surface area contributed by atoms with Crippen LogP contribution in [0.3, 0.4) is 0 Å². The van der Waals surface area contributed by atoms with E-state index in [1.165, 1.54) is 0 Å². The molecule has 62 valence electrons. The van der Waals surface area contributed by atoms with E-state index in [9.17, 15) is 0 Å². The molecule has 0 unspecified atom stereocenters. The van der Waals surface area contributed by atoms with Gasteiger partial charge in [0.05, 0.1) is 11.6 Å². The highest BCUT2D eigenvalue weighted by molar-refractivity contribution is 6.31. The van der Waals surface area contributed by atoms with Crippen LogP contribution in [0.4, 0.5) is 0 Å². The fourth-order valence-corrected chi connectivity index (χ4v) is 1.55. The van der Waals surface area contributed by atoms with Gasteiger partial charge in [-0.05, 0) is 6.08 Å². The molecule has 1 aromatic heterocycles. The van der Waals surface area contributed by atoms with Gasteiger partial charge in [-0.1, -0.05) is 11.6 Å². The quantitative estimate of drug-likeness (QED) is 0.600. The molecule has 12 heavy (non-hydrogen) atoms. The zero-order valence-electron chi connectivity index (χ0n) is 6.17. The van der Waals surface area contributed by atoms with Gasteiger partial charge in [0, 0.05) is 41.5 Å². The van der Waals surface area contributed by atoms with Crippen LogP contribution in [0.5, 0.6) is 0 Å². The molecule has 2 nitrogen and oxygen atoms in total. The second-order valence-electron chi connectivity index (χ2n) is 2.56. The summed E-state index contributed by atoms with van der Waals surface area (Å²) < 4.78 is 1.56. The van der Waals surface area contributed by atoms with Gasteiger partial charge in [-0.2, -0.15) is 0 Å². The van der Waals surface area contributed by atoms with Gasteiger partial charge in [0.1, 0.15) is 0 Å². The summed E-state index contributed by atoms with van der Waals surface area (Å²) in [4.78, 5) is 3.98. The standard InChI is InChI=1S/C8H6Cl2N2/c9-8-4-11-3-6-1-2-12(10)5-7(6)8/h1-4H,5H2. The summed E-state index contributed by atoms with van der Waals surface area (Å²) in [6.45, 7) is 0.634. The summed E-state index contributed by atoms with van der Waals surface area (Å²) in [6, 6.07) is 0. The molecule has 2 rings (SSSR count). The second kappa shape index (κ2) is 2.96. The van der Waals surface area contributed by atoms with Crippen LogP contribution >= 0.6 is 23.4 Å². The van der Waals surface area contributed by atoms with Crippen molar-refractivity contribution in [2.75, 3.05) is 0 Å². The smallest absolute Gasteiger partial charge is 0.0645 e. The fourth-order valence-electron chi connectivity index (χ4n) is 1.15. The van der Waals surface area contributed by atoms with Gasteiger partial charge in [-0.15, -0.1) is 0 Å². The monoisotopic (exact) mass is 200 g/mol. The Morgan fingerprint density at radius 3 is 3.08 bits per heavy atom. The van der Waals surface area contributed by atoms with E-state index < -0.39 is 0 Å². The van der Waals surface area contributed by atoms with E-state index in [-0.39, 0.29) is 0 Å².